The van der Waals surface area contributed by atoms with Crippen molar-refractivity contribution in [3.63, 3.8) is 0 Å². The first-order chi connectivity index (χ1) is 11.6. The summed E-state index contributed by atoms with van der Waals surface area (Å²) in [5.74, 6) is 1.37. The number of thioether (sulfide) groups is 1. The lowest BCUT2D eigenvalue weighted by Gasteiger charge is -2.17. The highest BCUT2D eigenvalue weighted by Gasteiger charge is 2.27. The summed E-state index contributed by atoms with van der Waals surface area (Å²) in [4.78, 5) is 18.1. The lowest BCUT2D eigenvalue weighted by Crippen LogP contribution is -2.27. The van der Waals surface area contributed by atoms with Gasteiger partial charge in [0.1, 0.15) is 5.82 Å². The zero-order valence-electron chi connectivity index (χ0n) is 13.6. The lowest BCUT2D eigenvalue weighted by atomic mass is 10.2. The average Bonchev–Trinajstić information content (AvgIpc) is 3.31. The van der Waals surface area contributed by atoms with Crippen LogP contribution in [0.3, 0.4) is 0 Å². The number of ether oxygens (including phenoxy) is 1. The molecular weight excluding hydrogens is 331 g/mol. The number of carbonyl (C=O) groups is 1. The van der Waals surface area contributed by atoms with E-state index < -0.39 is 5.82 Å². The Hall–Kier alpha value is -2.09. The molecule has 0 spiro atoms. The van der Waals surface area contributed by atoms with E-state index in [0.717, 1.165) is 18.7 Å². The van der Waals surface area contributed by atoms with E-state index in [2.05, 4.69) is 15.2 Å². The molecule has 1 N–H and O–H groups in total. The topological polar surface area (TPSA) is 71.1 Å². The SMILES string of the molecule is COc1ccc(CN(C)C(=O)CSc2n[nH]c(C3CC3)n2)cc1F. The van der Waals surface area contributed by atoms with Crippen molar-refractivity contribution in [3.05, 3.63) is 35.4 Å². The number of benzene rings is 1. The molecule has 0 bridgehead atoms. The van der Waals surface area contributed by atoms with Crippen LogP contribution in [0.25, 0.3) is 0 Å². The van der Waals surface area contributed by atoms with Crippen molar-refractivity contribution in [3.8, 4) is 5.75 Å². The highest BCUT2D eigenvalue weighted by Crippen LogP contribution is 2.38. The van der Waals surface area contributed by atoms with Crippen molar-refractivity contribution >= 4 is 17.7 Å². The number of methoxy groups -OCH3 is 1. The number of hydrogen-bond acceptors (Lipinski definition) is 5. The van der Waals surface area contributed by atoms with Crippen LogP contribution in [0.15, 0.2) is 23.4 Å². The zero-order valence-corrected chi connectivity index (χ0v) is 14.4. The van der Waals surface area contributed by atoms with Gasteiger partial charge in [-0.15, -0.1) is 5.10 Å². The highest BCUT2D eigenvalue weighted by molar-refractivity contribution is 7.99. The average molecular weight is 350 g/mol. The Kier molecular flexibility index (Phi) is 5.03. The Labute approximate surface area is 143 Å². The fraction of sp³-hybridized carbons (Fsp3) is 0.438. The predicted molar refractivity (Wildman–Crippen MR) is 88.5 cm³/mol. The molecule has 128 valence electrons. The number of amides is 1. The Morgan fingerprint density at radius 1 is 1.50 bits per heavy atom. The van der Waals surface area contributed by atoms with Gasteiger partial charge >= 0.3 is 0 Å². The van der Waals surface area contributed by atoms with Crippen LogP contribution in [0.5, 0.6) is 5.75 Å². The molecule has 1 fully saturated rings. The molecule has 0 aliphatic heterocycles. The molecule has 0 saturated heterocycles. The van der Waals surface area contributed by atoms with Crippen LogP contribution < -0.4 is 4.74 Å². The van der Waals surface area contributed by atoms with E-state index in [0.29, 0.717) is 23.2 Å². The summed E-state index contributed by atoms with van der Waals surface area (Å²) in [6, 6.07) is 4.69. The minimum absolute atomic E-state index is 0.0611. The number of carbonyl (C=O) groups excluding carboxylic acids is 1. The van der Waals surface area contributed by atoms with E-state index in [1.165, 1.54) is 24.9 Å². The van der Waals surface area contributed by atoms with Gasteiger partial charge in [-0.3, -0.25) is 9.89 Å². The maximum Gasteiger partial charge on any atom is 0.233 e. The molecule has 1 aliphatic carbocycles. The van der Waals surface area contributed by atoms with Crippen molar-refractivity contribution < 1.29 is 13.9 Å². The number of H-pyrrole nitrogens is 1. The van der Waals surface area contributed by atoms with Gasteiger partial charge in [0.25, 0.3) is 0 Å². The second kappa shape index (κ2) is 7.21. The molecule has 2 aromatic rings. The van der Waals surface area contributed by atoms with Crippen molar-refractivity contribution in [1.29, 1.82) is 0 Å². The molecule has 1 amide bonds. The van der Waals surface area contributed by atoms with Gasteiger partial charge < -0.3 is 9.64 Å². The summed E-state index contributed by atoms with van der Waals surface area (Å²) < 4.78 is 18.6. The van der Waals surface area contributed by atoms with E-state index in [4.69, 9.17) is 4.74 Å². The summed E-state index contributed by atoms with van der Waals surface area (Å²) in [6.45, 7) is 0.335. The Bertz CT molecular complexity index is 733. The van der Waals surface area contributed by atoms with Crippen LogP contribution in [0.1, 0.15) is 30.1 Å². The van der Waals surface area contributed by atoms with Crippen LogP contribution in [0.4, 0.5) is 4.39 Å². The lowest BCUT2D eigenvalue weighted by molar-refractivity contribution is -0.127. The molecule has 0 radical (unpaired) electrons. The molecule has 1 aromatic heterocycles. The second-order valence-corrected chi connectivity index (χ2v) is 6.73. The summed E-state index contributed by atoms with van der Waals surface area (Å²) in [6.07, 6.45) is 2.30. The molecule has 1 aromatic carbocycles. The quantitative estimate of drug-likeness (QED) is 0.777. The van der Waals surface area contributed by atoms with Gasteiger partial charge in [0.2, 0.25) is 11.1 Å². The fourth-order valence-corrected chi connectivity index (χ4v) is 3.01. The van der Waals surface area contributed by atoms with Gasteiger partial charge in [0.05, 0.1) is 12.9 Å². The minimum Gasteiger partial charge on any atom is -0.494 e. The number of halogens is 1. The van der Waals surface area contributed by atoms with Gasteiger partial charge in [-0.25, -0.2) is 9.37 Å². The Morgan fingerprint density at radius 2 is 2.29 bits per heavy atom. The second-order valence-electron chi connectivity index (χ2n) is 5.78. The van der Waals surface area contributed by atoms with Crippen LogP contribution >= 0.6 is 11.8 Å². The van der Waals surface area contributed by atoms with Crippen molar-refractivity contribution in [1.82, 2.24) is 20.1 Å². The van der Waals surface area contributed by atoms with E-state index >= 15 is 0 Å². The fourth-order valence-electron chi connectivity index (χ4n) is 2.27. The molecular formula is C16H19FN4O2S. The van der Waals surface area contributed by atoms with Gasteiger partial charge in [0.15, 0.2) is 11.6 Å². The molecule has 8 heteroatoms. The van der Waals surface area contributed by atoms with Gasteiger partial charge in [-0.1, -0.05) is 17.8 Å². The minimum atomic E-state index is -0.432. The molecule has 3 rings (SSSR count). The largest absolute Gasteiger partial charge is 0.494 e. The Morgan fingerprint density at radius 3 is 2.96 bits per heavy atom. The van der Waals surface area contributed by atoms with E-state index in [1.807, 2.05) is 0 Å². The van der Waals surface area contributed by atoms with E-state index in [1.54, 1.807) is 24.1 Å². The molecule has 0 unspecified atom stereocenters. The zero-order chi connectivity index (χ0) is 17.1. The third-order valence-electron chi connectivity index (χ3n) is 3.83. The molecule has 6 nitrogen and oxygen atoms in total. The number of nitrogens with zero attached hydrogens (tertiary/aromatic N) is 3. The smallest absolute Gasteiger partial charge is 0.233 e. The number of rotatable bonds is 7. The molecule has 0 atom stereocenters. The first kappa shape index (κ1) is 16.8. The monoisotopic (exact) mass is 350 g/mol. The summed E-state index contributed by atoms with van der Waals surface area (Å²) >= 11 is 1.30. The van der Waals surface area contributed by atoms with Crippen molar-refractivity contribution in [2.45, 2.75) is 30.5 Å². The van der Waals surface area contributed by atoms with Crippen LogP contribution in [-0.4, -0.2) is 45.9 Å². The third kappa shape index (κ3) is 4.05. The molecule has 1 saturated carbocycles. The normalized spacial score (nSPS) is 13.8. The molecule has 1 heterocycles. The molecule has 1 aliphatic rings. The van der Waals surface area contributed by atoms with E-state index in [-0.39, 0.29) is 17.4 Å². The first-order valence-corrected chi connectivity index (χ1v) is 8.67. The van der Waals surface area contributed by atoms with Gasteiger partial charge in [-0.05, 0) is 30.5 Å². The number of nitrogens with one attached hydrogen (secondary N) is 1. The summed E-state index contributed by atoms with van der Waals surface area (Å²) in [5.41, 5.74) is 0.711. The summed E-state index contributed by atoms with van der Waals surface area (Å²) in [7, 11) is 3.11. The highest BCUT2D eigenvalue weighted by atomic mass is 32.2. The van der Waals surface area contributed by atoms with Crippen molar-refractivity contribution in [2.75, 3.05) is 19.9 Å². The first-order valence-electron chi connectivity index (χ1n) is 7.68. The van der Waals surface area contributed by atoms with Crippen molar-refractivity contribution in [2.24, 2.45) is 0 Å². The third-order valence-corrected chi connectivity index (χ3v) is 4.66. The standard InChI is InChI=1S/C16H19FN4O2S/c1-21(8-10-3-6-13(23-2)12(17)7-10)14(22)9-24-16-18-15(19-20-16)11-4-5-11/h3,6-7,11H,4-5,8-9H2,1-2H3,(H,18,19,20). The number of aromatic amines is 1. The van der Waals surface area contributed by atoms with E-state index in [9.17, 15) is 9.18 Å². The van der Waals surface area contributed by atoms with Crippen LogP contribution in [0.2, 0.25) is 0 Å². The van der Waals surface area contributed by atoms with Crippen LogP contribution in [0, 0.1) is 5.82 Å². The molecule has 24 heavy (non-hydrogen) atoms. The van der Waals surface area contributed by atoms with Crippen LogP contribution in [-0.2, 0) is 11.3 Å². The maximum atomic E-state index is 13.7. The summed E-state index contributed by atoms with van der Waals surface area (Å²) in [5, 5.41) is 7.62. The predicted octanol–water partition coefficient (Wildman–Crippen LogP) is 2.58. The van der Waals surface area contributed by atoms with Gasteiger partial charge in [-0.2, -0.15) is 0 Å². The maximum absolute atomic E-state index is 13.7. The Balaban J connectivity index is 1.51. The van der Waals surface area contributed by atoms with Gasteiger partial charge in [0, 0.05) is 19.5 Å². The number of hydrogen-bond donors (Lipinski definition) is 1. The number of aromatic nitrogens is 3.